The third-order valence-corrected chi connectivity index (χ3v) is 2.66. The highest BCUT2D eigenvalue weighted by Gasteiger charge is 2.12. The van der Waals surface area contributed by atoms with Crippen molar-refractivity contribution in [3.63, 3.8) is 0 Å². The highest BCUT2D eigenvalue weighted by Crippen LogP contribution is 2.21. The summed E-state index contributed by atoms with van der Waals surface area (Å²) in [6.07, 6.45) is 0. The van der Waals surface area contributed by atoms with Crippen LogP contribution in [-0.2, 0) is 9.53 Å². The second-order valence-corrected chi connectivity index (χ2v) is 4.13. The number of carbonyl (C=O) groups is 2. The van der Waals surface area contributed by atoms with E-state index in [0.717, 1.165) is 0 Å². The standard InChI is InChI=1S/C12H16ClN3O3/c1-19-6-5-15-10(17)7-16-12(18)8-3-2-4-9(13)11(8)14/h2-4H,5-7,14H2,1H3,(H,15,17)(H,16,18). The zero-order valence-corrected chi connectivity index (χ0v) is 11.3. The average molecular weight is 286 g/mol. The average Bonchev–Trinajstić information content (AvgIpc) is 2.39. The maximum atomic E-state index is 11.8. The number of hydrogen-bond donors (Lipinski definition) is 3. The Morgan fingerprint density at radius 3 is 2.79 bits per heavy atom. The predicted octanol–water partition coefficient (Wildman–Crippen LogP) is 0.415. The van der Waals surface area contributed by atoms with Crippen LogP contribution in [0.15, 0.2) is 18.2 Å². The van der Waals surface area contributed by atoms with E-state index in [4.69, 9.17) is 22.1 Å². The van der Waals surface area contributed by atoms with E-state index in [9.17, 15) is 9.59 Å². The fourth-order valence-electron chi connectivity index (χ4n) is 1.35. The molecule has 2 amide bonds. The molecule has 0 bridgehead atoms. The fraction of sp³-hybridized carbons (Fsp3) is 0.333. The lowest BCUT2D eigenvalue weighted by molar-refractivity contribution is -0.120. The quantitative estimate of drug-likeness (QED) is 0.521. The smallest absolute Gasteiger partial charge is 0.253 e. The van der Waals surface area contributed by atoms with Gasteiger partial charge in [0.1, 0.15) is 0 Å². The van der Waals surface area contributed by atoms with Crippen LogP contribution in [0.1, 0.15) is 10.4 Å². The van der Waals surface area contributed by atoms with Crippen LogP contribution in [0.3, 0.4) is 0 Å². The number of para-hydroxylation sites is 1. The topological polar surface area (TPSA) is 93.5 Å². The molecule has 0 saturated carbocycles. The van der Waals surface area contributed by atoms with E-state index in [1.165, 1.54) is 7.11 Å². The summed E-state index contributed by atoms with van der Waals surface area (Å²) < 4.78 is 4.78. The number of hydrogen-bond acceptors (Lipinski definition) is 4. The molecule has 0 unspecified atom stereocenters. The van der Waals surface area contributed by atoms with Crippen LogP contribution in [0.5, 0.6) is 0 Å². The van der Waals surface area contributed by atoms with Crippen molar-refractivity contribution in [1.29, 1.82) is 0 Å². The first-order valence-electron chi connectivity index (χ1n) is 5.64. The second-order valence-electron chi connectivity index (χ2n) is 3.73. The van der Waals surface area contributed by atoms with Gasteiger partial charge in [-0.25, -0.2) is 0 Å². The Kier molecular flexibility index (Phi) is 6.11. The highest BCUT2D eigenvalue weighted by atomic mass is 35.5. The minimum Gasteiger partial charge on any atom is -0.397 e. The van der Waals surface area contributed by atoms with Crippen LogP contribution in [0.4, 0.5) is 5.69 Å². The van der Waals surface area contributed by atoms with Crippen molar-refractivity contribution in [2.45, 2.75) is 0 Å². The van der Waals surface area contributed by atoms with Gasteiger partial charge in [-0.3, -0.25) is 9.59 Å². The number of rotatable bonds is 6. The Bertz CT molecular complexity index is 466. The van der Waals surface area contributed by atoms with Gasteiger partial charge in [-0.05, 0) is 12.1 Å². The summed E-state index contributed by atoms with van der Waals surface area (Å²) in [4.78, 5) is 23.2. The summed E-state index contributed by atoms with van der Waals surface area (Å²) in [7, 11) is 1.54. The van der Waals surface area contributed by atoms with Crippen LogP contribution < -0.4 is 16.4 Å². The molecule has 1 rings (SSSR count). The van der Waals surface area contributed by atoms with Crippen molar-refractivity contribution < 1.29 is 14.3 Å². The van der Waals surface area contributed by atoms with Crippen LogP contribution in [0, 0.1) is 0 Å². The number of nitrogens with one attached hydrogen (secondary N) is 2. The molecule has 1 aromatic carbocycles. The molecule has 0 aliphatic rings. The van der Waals surface area contributed by atoms with Crippen molar-refractivity contribution in [2.75, 3.05) is 32.5 Å². The highest BCUT2D eigenvalue weighted by molar-refractivity contribution is 6.33. The van der Waals surface area contributed by atoms with Crippen molar-refractivity contribution in [3.8, 4) is 0 Å². The largest absolute Gasteiger partial charge is 0.397 e. The Morgan fingerprint density at radius 2 is 2.11 bits per heavy atom. The molecule has 0 heterocycles. The van der Waals surface area contributed by atoms with Crippen LogP contribution >= 0.6 is 11.6 Å². The zero-order valence-electron chi connectivity index (χ0n) is 10.5. The summed E-state index contributed by atoms with van der Waals surface area (Å²) >= 11 is 5.81. The normalized spacial score (nSPS) is 10.0. The van der Waals surface area contributed by atoms with E-state index < -0.39 is 5.91 Å². The van der Waals surface area contributed by atoms with E-state index >= 15 is 0 Å². The van der Waals surface area contributed by atoms with Crippen LogP contribution in [0.2, 0.25) is 5.02 Å². The summed E-state index contributed by atoms with van der Waals surface area (Å²) in [5.41, 5.74) is 6.12. The minimum atomic E-state index is -0.443. The van der Waals surface area contributed by atoms with Crippen molar-refractivity contribution >= 4 is 29.1 Å². The molecule has 1 aromatic rings. The number of nitrogen functional groups attached to an aromatic ring is 1. The third-order valence-electron chi connectivity index (χ3n) is 2.34. The van der Waals surface area contributed by atoms with E-state index in [1.807, 2.05) is 0 Å². The van der Waals surface area contributed by atoms with Gasteiger partial charge in [0.15, 0.2) is 0 Å². The molecule has 0 aromatic heterocycles. The summed E-state index contributed by atoms with van der Waals surface area (Å²) in [5, 5.41) is 5.35. The number of ether oxygens (including phenoxy) is 1. The van der Waals surface area contributed by atoms with E-state index in [2.05, 4.69) is 10.6 Å². The molecule has 104 valence electrons. The van der Waals surface area contributed by atoms with Gasteiger partial charge in [0.05, 0.1) is 29.4 Å². The monoisotopic (exact) mass is 285 g/mol. The van der Waals surface area contributed by atoms with E-state index in [0.29, 0.717) is 18.2 Å². The molecule has 19 heavy (non-hydrogen) atoms. The maximum absolute atomic E-state index is 11.8. The fourth-order valence-corrected chi connectivity index (χ4v) is 1.52. The summed E-state index contributed by atoms with van der Waals surface area (Å²) in [6.45, 7) is 0.680. The van der Waals surface area contributed by atoms with Gasteiger partial charge < -0.3 is 21.1 Å². The van der Waals surface area contributed by atoms with Crippen molar-refractivity contribution in [3.05, 3.63) is 28.8 Å². The van der Waals surface area contributed by atoms with Gasteiger partial charge in [0, 0.05) is 13.7 Å². The first-order valence-corrected chi connectivity index (χ1v) is 6.02. The molecular weight excluding hydrogens is 270 g/mol. The van der Waals surface area contributed by atoms with E-state index in [1.54, 1.807) is 18.2 Å². The molecule has 0 aliphatic carbocycles. The van der Waals surface area contributed by atoms with Crippen molar-refractivity contribution in [1.82, 2.24) is 10.6 Å². The SMILES string of the molecule is COCCNC(=O)CNC(=O)c1cccc(Cl)c1N. The molecule has 0 aliphatic heterocycles. The van der Waals surface area contributed by atoms with Gasteiger partial charge in [-0.15, -0.1) is 0 Å². The lowest BCUT2D eigenvalue weighted by Crippen LogP contribution is -2.38. The first kappa shape index (κ1) is 15.3. The molecule has 0 atom stereocenters. The Morgan fingerprint density at radius 1 is 1.37 bits per heavy atom. The van der Waals surface area contributed by atoms with E-state index in [-0.39, 0.29) is 23.7 Å². The molecule has 0 fully saturated rings. The van der Waals surface area contributed by atoms with Gasteiger partial charge in [-0.2, -0.15) is 0 Å². The van der Waals surface area contributed by atoms with Crippen molar-refractivity contribution in [2.24, 2.45) is 0 Å². The molecular formula is C12H16ClN3O3. The Labute approximate surface area is 116 Å². The summed E-state index contributed by atoms with van der Waals surface area (Å²) in [6, 6.07) is 4.75. The molecule has 7 heteroatoms. The number of nitrogens with two attached hydrogens (primary N) is 1. The van der Waals surface area contributed by atoms with Crippen LogP contribution in [0.25, 0.3) is 0 Å². The lowest BCUT2D eigenvalue weighted by Gasteiger charge is -2.08. The zero-order chi connectivity index (χ0) is 14.3. The molecule has 0 spiro atoms. The number of carbonyl (C=O) groups excluding carboxylic acids is 2. The number of halogens is 1. The van der Waals surface area contributed by atoms with Crippen LogP contribution in [-0.4, -0.2) is 38.6 Å². The predicted molar refractivity (Wildman–Crippen MR) is 73.1 cm³/mol. The third kappa shape index (κ3) is 4.76. The Hall–Kier alpha value is -1.79. The maximum Gasteiger partial charge on any atom is 0.253 e. The first-order chi connectivity index (χ1) is 9.06. The molecule has 6 nitrogen and oxygen atoms in total. The summed E-state index contributed by atoms with van der Waals surface area (Å²) in [5.74, 6) is -0.743. The number of benzene rings is 1. The molecule has 0 radical (unpaired) electrons. The number of amides is 2. The number of methoxy groups -OCH3 is 1. The molecule has 4 N–H and O–H groups in total. The second kappa shape index (κ2) is 7.60. The molecule has 0 saturated heterocycles. The van der Waals surface area contributed by atoms with Gasteiger partial charge in [-0.1, -0.05) is 17.7 Å². The van der Waals surface area contributed by atoms with Gasteiger partial charge >= 0.3 is 0 Å². The Balaban J connectivity index is 2.47. The van der Waals surface area contributed by atoms with Gasteiger partial charge in [0.25, 0.3) is 5.91 Å². The lowest BCUT2D eigenvalue weighted by atomic mass is 10.1. The number of anilines is 1. The minimum absolute atomic E-state index is 0.130. The van der Waals surface area contributed by atoms with Gasteiger partial charge in [0.2, 0.25) is 5.91 Å².